The van der Waals surface area contributed by atoms with Gasteiger partial charge in [0, 0.05) is 28.4 Å². The molecule has 1 N–H and O–H groups in total. The maximum atomic E-state index is 11.6. The zero-order valence-electron chi connectivity index (χ0n) is 38.4. The Morgan fingerprint density at radius 1 is 0.500 bits per heavy atom. The highest BCUT2D eigenvalue weighted by atomic mass is 16.3. The Hall–Kier alpha value is -7.82. The molecule has 0 bridgehead atoms. The number of pyridine rings is 1. The van der Waals surface area contributed by atoms with E-state index in [4.69, 9.17) is 14.1 Å². The van der Waals surface area contributed by atoms with Gasteiger partial charge in [-0.25, -0.2) is 4.98 Å². The monoisotopic (exact) mass is 803 g/mol. The molecule has 62 heavy (non-hydrogen) atoms. The number of phenolic OH excluding ortho intramolecular Hbond substituents is 1. The zero-order valence-corrected chi connectivity index (χ0v) is 34.4. The molecule has 4 heteroatoms. The fraction of sp³-hybridized carbons (Fsp3) is 0.0690. The molecule has 4 nitrogen and oxygen atoms in total. The van der Waals surface area contributed by atoms with Crippen LogP contribution in [0, 0.1) is 6.85 Å². The molecule has 2 aromatic heterocycles. The van der Waals surface area contributed by atoms with E-state index in [1.807, 2.05) is 111 Å². The van der Waals surface area contributed by atoms with Gasteiger partial charge in [-0.1, -0.05) is 159 Å². The second-order valence-electron chi connectivity index (χ2n) is 15.8. The zero-order chi connectivity index (χ0) is 45.6. The number of hydrogen-bond acceptors (Lipinski definition) is 3. The molecule has 0 saturated heterocycles. The Morgan fingerprint density at radius 2 is 1.11 bits per heavy atom. The van der Waals surface area contributed by atoms with Crippen LogP contribution in [0.15, 0.2) is 206 Å². The minimum atomic E-state index is -2.18. The molecule has 8 aromatic carbocycles. The summed E-state index contributed by atoms with van der Waals surface area (Å²) in [4.78, 5) is 10.4. The lowest BCUT2D eigenvalue weighted by Gasteiger charge is -2.22. The number of hydrogen-bond donors (Lipinski definition) is 1. The minimum Gasteiger partial charge on any atom is -0.507 e. The Labute approximate surface area is 368 Å². The van der Waals surface area contributed by atoms with Crippen molar-refractivity contribution in [3.63, 3.8) is 0 Å². The molecule has 0 aliphatic carbocycles. The average molecular weight is 804 g/mol. The normalized spacial score (nSPS) is 12.7. The van der Waals surface area contributed by atoms with Gasteiger partial charge in [-0.15, -0.1) is 0 Å². The van der Waals surface area contributed by atoms with Gasteiger partial charge in [-0.3, -0.25) is 9.55 Å². The number of rotatable bonds is 9. The Bertz CT molecular complexity index is 3380. The summed E-state index contributed by atoms with van der Waals surface area (Å²) in [7, 11) is 0. The third-order valence-electron chi connectivity index (χ3n) is 11.5. The van der Waals surface area contributed by atoms with Crippen molar-refractivity contribution in [2.24, 2.45) is 0 Å². The highest BCUT2D eigenvalue weighted by Gasteiger charge is 2.24. The van der Waals surface area contributed by atoms with Crippen LogP contribution in [0.4, 0.5) is 0 Å². The minimum absolute atomic E-state index is 0.108. The molecule has 2 heterocycles. The molecule has 10 rings (SSSR count). The van der Waals surface area contributed by atoms with Gasteiger partial charge in [-0.05, 0) is 123 Å². The number of phenols is 1. The van der Waals surface area contributed by atoms with E-state index in [2.05, 4.69) is 89.5 Å². The molecule has 10 aromatic rings. The smallest absolute Gasteiger partial charge is 0.149 e. The van der Waals surface area contributed by atoms with Gasteiger partial charge in [0.1, 0.15) is 11.6 Å². The first kappa shape index (κ1) is 34.0. The fourth-order valence-corrected chi connectivity index (χ4v) is 8.47. The summed E-state index contributed by atoms with van der Waals surface area (Å²) in [6.07, 6.45) is 1.79. The van der Waals surface area contributed by atoms with Gasteiger partial charge < -0.3 is 5.11 Å². The number of fused-ring (bicyclic) bond motifs is 1. The van der Waals surface area contributed by atoms with Gasteiger partial charge in [0.15, 0.2) is 0 Å². The number of aryl methyl sites for hydroxylation is 1. The highest BCUT2D eigenvalue weighted by molar-refractivity contribution is 5.99. The molecule has 0 aliphatic rings. The van der Waals surface area contributed by atoms with Gasteiger partial charge in [-0.2, -0.15) is 0 Å². The summed E-state index contributed by atoms with van der Waals surface area (Å²) in [5, 5.41) is 11.6. The third-order valence-corrected chi connectivity index (χ3v) is 11.5. The van der Waals surface area contributed by atoms with E-state index in [0.717, 1.165) is 89.2 Å². The lowest BCUT2D eigenvalue weighted by atomic mass is 9.88. The molecule has 0 spiro atoms. The summed E-state index contributed by atoms with van der Waals surface area (Å²) >= 11 is 0. The van der Waals surface area contributed by atoms with Crippen LogP contribution in [0.5, 0.6) is 5.75 Å². The molecule has 298 valence electrons. The van der Waals surface area contributed by atoms with Crippen molar-refractivity contribution in [1.82, 2.24) is 14.5 Å². The molecule has 0 amide bonds. The number of aromatic hydroxyl groups is 1. The van der Waals surface area contributed by atoms with Crippen LogP contribution in [0.1, 0.15) is 36.4 Å². The summed E-state index contributed by atoms with van der Waals surface area (Å²) in [6, 6.07) is 66.1. The van der Waals surface area contributed by atoms with Crippen LogP contribution in [-0.2, 0) is 0 Å². The summed E-state index contributed by atoms with van der Waals surface area (Å²) in [5.41, 5.74) is 15.4. The van der Waals surface area contributed by atoms with E-state index in [0.29, 0.717) is 17.0 Å². The van der Waals surface area contributed by atoms with Crippen molar-refractivity contribution < 1.29 is 10.6 Å². The Kier molecular flexibility index (Phi) is 8.94. The summed E-state index contributed by atoms with van der Waals surface area (Å²) in [5.74, 6) is -0.252. The first-order chi connectivity index (χ1) is 31.9. The van der Waals surface area contributed by atoms with Crippen LogP contribution < -0.4 is 0 Å². The first-order valence-electron chi connectivity index (χ1n) is 22.8. The number of imidazole rings is 1. The lowest BCUT2D eigenvalue weighted by Crippen LogP contribution is -2.04. The van der Waals surface area contributed by atoms with E-state index in [9.17, 15) is 6.48 Å². The quantitative estimate of drug-likeness (QED) is 0.158. The van der Waals surface area contributed by atoms with Crippen molar-refractivity contribution in [1.29, 1.82) is 0 Å². The highest BCUT2D eigenvalue weighted by Crippen LogP contribution is 2.44. The van der Waals surface area contributed by atoms with Crippen LogP contribution in [0.2, 0.25) is 0 Å². The standard InChI is InChI=1S/C58H45N3O/c1-38(2)50-36-52(43-20-11-6-12-21-43)55(37-51(50)42-18-9-5-10-19-42)61-54-24-15-23-48(57(54)60-58(61)49-22-13-14-25-56(49)62)46-32-45(40-16-7-4-8-17-40)33-47(34-46)53-35-44(30-31-59-53)41-28-26-39(3)27-29-41/h4-38,62H,1-3H3/i3D3,38D. The van der Waals surface area contributed by atoms with Crippen molar-refractivity contribution in [2.75, 3.05) is 0 Å². The number of nitrogens with zero attached hydrogens (tertiary/aromatic N) is 3. The summed E-state index contributed by atoms with van der Waals surface area (Å²) in [6.45, 7) is 1.67. The Morgan fingerprint density at radius 3 is 1.81 bits per heavy atom. The van der Waals surface area contributed by atoms with Crippen molar-refractivity contribution in [3.05, 3.63) is 218 Å². The molecular weight excluding hydrogens is 755 g/mol. The topological polar surface area (TPSA) is 50.9 Å². The van der Waals surface area contributed by atoms with Crippen molar-refractivity contribution in [3.8, 4) is 89.7 Å². The average Bonchev–Trinajstić information content (AvgIpc) is 3.73. The third kappa shape index (κ3) is 7.26. The lowest BCUT2D eigenvalue weighted by molar-refractivity contribution is 0.477. The summed E-state index contributed by atoms with van der Waals surface area (Å²) < 4.78 is 35.1. The predicted octanol–water partition coefficient (Wildman–Crippen LogP) is 15.2. The predicted molar refractivity (Wildman–Crippen MR) is 257 cm³/mol. The molecule has 0 saturated carbocycles. The van der Waals surface area contributed by atoms with Crippen LogP contribution in [0.3, 0.4) is 0 Å². The number of para-hydroxylation sites is 2. The Balaban J connectivity index is 1.23. The van der Waals surface area contributed by atoms with E-state index < -0.39 is 12.7 Å². The van der Waals surface area contributed by atoms with Crippen LogP contribution in [-0.4, -0.2) is 19.6 Å². The molecule has 0 unspecified atom stereocenters. The van der Waals surface area contributed by atoms with Crippen molar-refractivity contribution >= 4 is 11.0 Å². The fourth-order valence-electron chi connectivity index (χ4n) is 8.47. The maximum Gasteiger partial charge on any atom is 0.149 e. The van der Waals surface area contributed by atoms with Crippen LogP contribution in [0.25, 0.3) is 95.0 Å². The van der Waals surface area contributed by atoms with Gasteiger partial charge in [0.2, 0.25) is 0 Å². The molecular formula is C58H45N3O. The van der Waals surface area contributed by atoms with E-state index in [1.54, 1.807) is 24.4 Å². The van der Waals surface area contributed by atoms with Gasteiger partial charge in [0.25, 0.3) is 0 Å². The largest absolute Gasteiger partial charge is 0.507 e. The SMILES string of the molecule is [2H]C([2H])([2H])c1ccc(-c2ccnc(-c3cc(-c4ccccc4)cc(-c4cccc5c4nc(-c4ccccc4O)n5-c4cc(-c5ccccc5)c(C([2H])(C)C)cc4-c4ccccc4)c3)c2)cc1. The van der Waals surface area contributed by atoms with E-state index in [-0.39, 0.29) is 5.75 Å². The second kappa shape index (κ2) is 16.3. The molecule has 0 aliphatic heterocycles. The molecule has 0 atom stereocenters. The maximum absolute atomic E-state index is 11.6. The van der Waals surface area contributed by atoms with Crippen molar-refractivity contribution in [2.45, 2.75) is 26.6 Å². The molecule has 0 fully saturated rings. The van der Waals surface area contributed by atoms with Gasteiger partial charge in [0.05, 0.1) is 28.0 Å². The van der Waals surface area contributed by atoms with E-state index >= 15 is 0 Å². The second-order valence-corrected chi connectivity index (χ2v) is 15.8. The van der Waals surface area contributed by atoms with Crippen LogP contribution >= 0.6 is 0 Å². The first-order valence-corrected chi connectivity index (χ1v) is 20.8. The van der Waals surface area contributed by atoms with Gasteiger partial charge >= 0.3 is 0 Å². The number of benzene rings is 8. The molecule has 0 radical (unpaired) electrons. The van der Waals surface area contributed by atoms with E-state index in [1.165, 1.54) is 0 Å². The number of aromatic nitrogens is 3.